The Labute approximate surface area is 236 Å². The molecule has 0 aliphatic heterocycles. The van der Waals surface area contributed by atoms with E-state index >= 15 is 0 Å². The molecule has 4 aromatic rings. The largest absolute Gasteiger partial charge is 0.584 e. The number of ketones is 2. The Bertz CT molecular complexity index is 1480. The second-order valence-electron chi connectivity index (χ2n) is 8.91. The fraction of sp³-hybridized carbons (Fsp3) is 0.133. The number of hydrogen-bond acceptors (Lipinski definition) is 9. The first-order valence-electron chi connectivity index (χ1n) is 12.3. The van der Waals surface area contributed by atoms with Gasteiger partial charge in [-0.3, -0.25) is 14.5 Å². The Morgan fingerprint density at radius 3 is 1.27 bits per heavy atom. The van der Waals surface area contributed by atoms with Crippen LogP contribution < -0.4 is 18.5 Å². The number of carbonyl (C=O) groups is 2. The molecule has 0 bridgehead atoms. The Morgan fingerprint density at radius 1 is 0.610 bits per heavy atom. The fourth-order valence-corrected chi connectivity index (χ4v) is 4.74. The summed E-state index contributed by atoms with van der Waals surface area (Å²) in [5.74, 6) is -0.818. The predicted octanol–water partition coefficient (Wildman–Crippen LogP) is 5.52. The number of Topliss-reactive ketones (excluding diaryl/α,β-unsaturated/α-hetero) is 2. The average molecular weight is 579 g/mol. The molecule has 0 unspecified atom stereocenters. The molecule has 4 rings (SSSR count). The van der Waals surface area contributed by atoms with Crippen LogP contribution >= 0.6 is 7.82 Å². The van der Waals surface area contributed by atoms with Crippen molar-refractivity contribution in [3.05, 3.63) is 107 Å². The van der Waals surface area contributed by atoms with Crippen molar-refractivity contribution in [2.24, 2.45) is 0 Å². The number of hydrogen-bond donors (Lipinski definition) is 3. The minimum atomic E-state index is -4.79. The molecule has 4 aromatic carbocycles. The second-order valence-corrected chi connectivity index (χ2v) is 10.2. The molecule has 212 valence electrons. The first-order chi connectivity index (χ1) is 19.6. The van der Waals surface area contributed by atoms with Crippen LogP contribution in [0, 0.1) is 0 Å². The van der Waals surface area contributed by atoms with E-state index in [0.717, 1.165) is 12.1 Å². The van der Waals surface area contributed by atoms with E-state index < -0.39 is 19.3 Å². The van der Waals surface area contributed by atoms with Crippen LogP contribution in [0.2, 0.25) is 0 Å². The molecular weight excluding hydrogens is 551 g/mol. The maximum Gasteiger partial charge on any atom is 0.584 e. The van der Waals surface area contributed by atoms with Crippen LogP contribution in [0.1, 0.15) is 31.8 Å². The second kappa shape index (κ2) is 12.6. The van der Waals surface area contributed by atoms with Crippen LogP contribution in [0.5, 0.6) is 34.5 Å². The zero-order valence-electron chi connectivity index (χ0n) is 22.1. The third kappa shape index (κ3) is 7.66. The fourth-order valence-electron chi connectivity index (χ4n) is 3.94. The number of carbonyl (C=O) groups excluding carboxylic acids is 2. The lowest BCUT2D eigenvalue weighted by Gasteiger charge is -2.15. The first kappa shape index (κ1) is 29.2. The Kier molecular flexibility index (Phi) is 8.97. The van der Waals surface area contributed by atoms with E-state index in [-0.39, 0.29) is 47.0 Å². The number of aromatic hydroxyl groups is 2. The lowest BCUT2D eigenvalue weighted by molar-refractivity contribution is 0.0981. The van der Waals surface area contributed by atoms with Gasteiger partial charge in [0.05, 0.1) is 25.3 Å². The standard InChI is InChI=1S/C30H27O10P/c1-37-21-7-3-19(4-8-21)15-27(31)25-13-11-23(17-29(25)33)39-41(35,36)40-24-12-14-26(30(34)18-24)28(32)16-20-5-9-22(38-2)10-6-20/h3-14,17-18,33-34H,15-16H2,1-2H3,(H,35,36). The van der Waals surface area contributed by atoms with Crippen LogP contribution in [0.4, 0.5) is 0 Å². The lowest BCUT2D eigenvalue weighted by atomic mass is 10.0. The number of phenols is 2. The van der Waals surface area contributed by atoms with Crippen LogP contribution in [-0.2, 0) is 17.4 Å². The van der Waals surface area contributed by atoms with Gasteiger partial charge < -0.3 is 28.7 Å². The van der Waals surface area contributed by atoms with Gasteiger partial charge in [-0.25, -0.2) is 4.57 Å². The van der Waals surface area contributed by atoms with Crippen LogP contribution in [-0.4, -0.2) is 40.9 Å². The average Bonchev–Trinajstić information content (AvgIpc) is 2.93. The molecule has 41 heavy (non-hydrogen) atoms. The summed E-state index contributed by atoms with van der Waals surface area (Å²) < 4.78 is 32.8. The van der Waals surface area contributed by atoms with E-state index in [1.807, 2.05) is 0 Å². The van der Waals surface area contributed by atoms with E-state index in [1.165, 1.54) is 38.5 Å². The van der Waals surface area contributed by atoms with Crippen LogP contribution in [0.15, 0.2) is 84.9 Å². The smallest absolute Gasteiger partial charge is 0.507 e. The van der Waals surface area contributed by atoms with E-state index in [2.05, 4.69) is 0 Å². The monoisotopic (exact) mass is 578 g/mol. The highest BCUT2D eigenvalue weighted by Crippen LogP contribution is 2.46. The van der Waals surface area contributed by atoms with Gasteiger partial charge in [0, 0.05) is 25.0 Å². The normalized spacial score (nSPS) is 11.0. The van der Waals surface area contributed by atoms with Crippen molar-refractivity contribution in [1.29, 1.82) is 0 Å². The van der Waals surface area contributed by atoms with Gasteiger partial charge in [0.15, 0.2) is 11.6 Å². The molecule has 0 radical (unpaired) electrons. The van der Waals surface area contributed by atoms with Crippen molar-refractivity contribution in [3.8, 4) is 34.5 Å². The summed E-state index contributed by atoms with van der Waals surface area (Å²) in [6.45, 7) is 0. The van der Waals surface area contributed by atoms with Crippen LogP contribution in [0.25, 0.3) is 0 Å². The molecule has 0 aliphatic rings. The summed E-state index contributed by atoms with van der Waals surface area (Å²) in [5, 5.41) is 20.7. The third-order valence-corrected chi connectivity index (χ3v) is 6.91. The summed E-state index contributed by atoms with van der Waals surface area (Å²) in [6, 6.07) is 20.8. The number of phosphoric acid groups is 1. The predicted molar refractivity (Wildman–Crippen MR) is 149 cm³/mol. The lowest BCUT2D eigenvalue weighted by Crippen LogP contribution is -2.05. The Balaban J connectivity index is 1.38. The van der Waals surface area contributed by atoms with E-state index in [4.69, 9.17) is 18.5 Å². The number of phosphoric ester groups is 1. The van der Waals surface area contributed by atoms with Gasteiger partial charge in [0.1, 0.15) is 34.5 Å². The van der Waals surface area contributed by atoms with Crippen LogP contribution in [0.3, 0.4) is 0 Å². The summed E-state index contributed by atoms with van der Waals surface area (Å²) in [7, 11) is -1.73. The molecule has 10 nitrogen and oxygen atoms in total. The number of methoxy groups -OCH3 is 2. The minimum absolute atomic E-state index is 0.00155. The third-order valence-electron chi connectivity index (χ3n) is 6.03. The summed E-state index contributed by atoms with van der Waals surface area (Å²) in [6.07, 6.45) is 0.0307. The molecule has 0 saturated heterocycles. The molecule has 0 spiro atoms. The van der Waals surface area contributed by atoms with Gasteiger partial charge in [0.2, 0.25) is 0 Å². The molecule has 0 saturated carbocycles. The number of ether oxygens (including phenoxy) is 2. The molecule has 0 fully saturated rings. The first-order valence-corrected chi connectivity index (χ1v) is 13.8. The van der Waals surface area contributed by atoms with E-state index in [9.17, 15) is 29.3 Å². The summed E-state index contributed by atoms with van der Waals surface area (Å²) >= 11 is 0. The van der Waals surface area contributed by atoms with Crippen molar-refractivity contribution in [1.82, 2.24) is 0 Å². The molecular formula is C30H27O10P. The Morgan fingerprint density at radius 2 is 0.951 bits per heavy atom. The number of benzene rings is 4. The van der Waals surface area contributed by atoms with Gasteiger partial charge in [-0.15, -0.1) is 0 Å². The van der Waals surface area contributed by atoms with Crippen molar-refractivity contribution < 1.29 is 47.8 Å². The maximum absolute atomic E-state index is 12.6. The zero-order chi connectivity index (χ0) is 29.6. The minimum Gasteiger partial charge on any atom is -0.507 e. The van der Waals surface area contributed by atoms with Gasteiger partial charge in [-0.2, -0.15) is 0 Å². The van der Waals surface area contributed by atoms with Gasteiger partial charge in [-0.1, -0.05) is 24.3 Å². The topological polar surface area (TPSA) is 149 Å². The molecule has 0 amide bonds. The highest BCUT2D eigenvalue weighted by Gasteiger charge is 2.27. The molecule has 0 aliphatic carbocycles. The van der Waals surface area contributed by atoms with Crippen molar-refractivity contribution >= 4 is 19.4 Å². The summed E-state index contributed by atoms with van der Waals surface area (Å²) in [4.78, 5) is 35.5. The van der Waals surface area contributed by atoms with E-state index in [0.29, 0.717) is 22.6 Å². The highest BCUT2D eigenvalue weighted by molar-refractivity contribution is 7.48. The quantitative estimate of drug-likeness (QED) is 0.145. The molecule has 3 N–H and O–H groups in total. The summed E-state index contributed by atoms with van der Waals surface area (Å²) in [5.41, 5.74) is 1.42. The number of rotatable bonds is 12. The van der Waals surface area contributed by atoms with Crippen molar-refractivity contribution in [3.63, 3.8) is 0 Å². The van der Waals surface area contributed by atoms with Gasteiger partial charge >= 0.3 is 7.82 Å². The van der Waals surface area contributed by atoms with Gasteiger partial charge in [0.25, 0.3) is 0 Å². The number of phenolic OH excluding ortho intramolecular Hbond substituents is 2. The zero-order valence-corrected chi connectivity index (χ0v) is 23.0. The highest BCUT2D eigenvalue weighted by atomic mass is 31.2. The van der Waals surface area contributed by atoms with Gasteiger partial charge in [-0.05, 0) is 59.7 Å². The Hall–Kier alpha value is -4.79. The SMILES string of the molecule is COc1ccc(CC(=O)c2ccc(OP(=O)(O)Oc3ccc(C(=O)Cc4ccc(OC)cc4)c(O)c3)cc2O)cc1. The molecule has 0 atom stereocenters. The molecule has 0 aromatic heterocycles. The van der Waals surface area contributed by atoms with Crippen molar-refractivity contribution in [2.75, 3.05) is 14.2 Å². The van der Waals surface area contributed by atoms with E-state index in [1.54, 1.807) is 48.5 Å². The molecule has 11 heteroatoms. The maximum atomic E-state index is 12.6. The van der Waals surface area contributed by atoms with Crippen molar-refractivity contribution in [2.45, 2.75) is 12.8 Å². The molecule has 0 heterocycles.